The Kier molecular flexibility index (Phi) is 11.7. The van der Waals surface area contributed by atoms with Crippen LogP contribution in [0.4, 0.5) is 0 Å². The van der Waals surface area contributed by atoms with Crippen molar-refractivity contribution in [3.05, 3.63) is 291 Å². The van der Waals surface area contributed by atoms with Crippen molar-refractivity contribution in [1.82, 2.24) is 19.9 Å². The van der Waals surface area contributed by atoms with E-state index in [0.717, 1.165) is 155 Å². The van der Waals surface area contributed by atoms with Crippen LogP contribution >= 0.6 is 0 Å². The molecule has 17 aromatic rings. The van der Waals surface area contributed by atoms with Crippen LogP contribution in [0, 0.1) is 0 Å². The highest BCUT2D eigenvalue weighted by atomic mass is 16.3. The number of nitrogens with zero attached hydrogens (tertiary/aromatic N) is 4. The number of furan rings is 2. The number of pyridine rings is 4. The molecule has 0 radical (unpaired) electrons. The third-order valence-corrected chi connectivity index (χ3v) is 17.4. The lowest BCUT2D eigenvalue weighted by Crippen LogP contribution is -1.94. The smallest absolute Gasteiger partial charge is 0.143 e. The number of benzene rings is 11. The van der Waals surface area contributed by atoms with Crippen LogP contribution in [0.5, 0.6) is 0 Å². The fraction of sp³-hybridized carbons (Fsp3) is 0.0123. The van der Waals surface area contributed by atoms with E-state index in [0.29, 0.717) is 6.42 Å². The molecule has 6 nitrogen and oxygen atoms in total. The van der Waals surface area contributed by atoms with E-state index in [1.807, 2.05) is 48.9 Å². The summed E-state index contributed by atoms with van der Waals surface area (Å²) in [6.07, 6.45) is 12.6. The van der Waals surface area contributed by atoms with Gasteiger partial charge in [0.15, 0.2) is 0 Å². The second-order valence-corrected chi connectivity index (χ2v) is 22.3. The van der Waals surface area contributed by atoms with Crippen molar-refractivity contribution in [1.29, 1.82) is 0 Å². The molecule has 0 spiro atoms. The molecule has 0 atom stereocenters. The van der Waals surface area contributed by atoms with Gasteiger partial charge in [0.05, 0.1) is 28.5 Å². The number of rotatable bonds is 10. The first-order valence-corrected chi connectivity index (χ1v) is 29.4. The molecule has 0 N–H and O–H groups in total. The fourth-order valence-corrected chi connectivity index (χ4v) is 13.5. The average Bonchev–Trinajstić information content (AvgIpc) is 2.08. The maximum atomic E-state index is 6.75. The molecule has 406 valence electrons. The Hall–Kier alpha value is -11.6. The first-order chi connectivity index (χ1) is 43.1. The normalized spacial score (nSPS) is 12.0. The summed E-state index contributed by atoms with van der Waals surface area (Å²) in [7, 11) is 0. The van der Waals surface area contributed by atoms with Gasteiger partial charge in [-0.3, -0.25) is 9.97 Å². The zero-order valence-corrected chi connectivity index (χ0v) is 47.1. The molecule has 6 heteroatoms. The molecule has 11 aromatic carbocycles. The number of aromatic nitrogens is 4. The molecular weight excluding hydrogens is 1060 g/mol. The highest BCUT2D eigenvalue weighted by molar-refractivity contribution is 6.24. The predicted molar refractivity (Wildman–Crippen MR) is 362 cm³/mol. The van der Waals surface area contributed by atoms with Gasteiger partial charge in [0.2, 0.25) is 0 Å². The Bertz CT molecular complexity index is 5600. The summed E-state index contributed by atoms with van der Waals surface area (Å²) in [6, 6.07) is 85.9. The van der Waals surface area contributed by atoms with Crippen molar-refractivity contribution in [3.8, 4) is 67.4 Å². The van der Waals surface area contributed by atoms with Crippen LogP contribution < -0.4 is 0 Å². The minimum Gasteiger partial charge on any atom is -0.455 e. The predicted octanol–water partition coefficient (Wildman–Crippen LogP) is 21.7. The lowest BCUT2D eigenvalue weighted by atomic mass is 9.87. The van der Waals surface area contributed by atoms with E-state index in [9.17, 15) is 0 Å². The Balaban J connectivity index is 0.682. The molecular formula is C81H50N4O2. The van der Waals surface area contributed by atoms with Crippen LogP contribution in [0.25, 0.3) is 177 Å². The zero-order chi connectivity index (χ0) is 57.5. The molecule has 0 amide bonds. The molecule has 87 heavy (non-hydrogen) atoms. The third kappa shape index (κ3) is 8.25. The molecule has 6 aromatic heterocycles. The van der Waals surface area contributed by atoms with Crippen LogP contribution in [-0.2, 0) is 6.42 Å². The van der Waals surface area contributed by atoms with Crippen LogP contribution in [0.2, 0.25) is 0 Å². The molecule has 0 aliphatic carbocycles. The third-order valence-electron chi connectivity index (χ3n) is 17.4. The quantitative estimate of drug-likeness (QED) is 0.127. The van der Waals surface area contributed by atoms with Gasteiger partial charge in [0.25, 0.3) is 0 Å². The lowest BCUT2D eigenvalue weighted by Gasteiger charge is -2.17. The monoisotopic (exact) mass is 1110 g/mol. The molecule has 0 bridgehead atoms. The van der Waals surface area contributed by atoms with Gasteiger partial charge in [-0.2, -0.15) is 0 Å². The summed E-state index contributed by atoms with van der Waals surface area (Å²) < 4.78 is 13.3. The molecule has 0 fully saturated rings. The SMILES string of the molecule is C=Cc1c(/C=C\Cc2cncc(-c3cccc(-c4c5ccccc5c(-c5ccc6oc7c8ccccc8ccc7c6c5)c5ccccc45)n3)c2)ccc2c1oc1ccc(-c3c4ccccc4c(-c4cccc(-c5ccccn5)n4)c4ccccc34)cc12. The average molecular weight is 1110 g/mol. The summed E-state index contributed by atoms with van der Waals surface area (Å²) in [5.74, 6) is 0. The topological polar surface area (TPSA) is 77.8 Å². The van der Waals surface area contributed by atoms with Gasteiger partial charge in [-0.05, 0) is 167 Å². The van der Waals surface area contributed by atoms with Crippen molar-refractivity contribution < 1.29 is 8.83 Å². The molecule has 17 rings (SSSR count). The molecule has 0 unspecified atom stereocenters. The van der Waals surface area contributed by atoms with Crippen molar-refractivity contribution in [2.45, 2.75) is 6.42 Å². The Morgan fingerprint density at radius 1 is 0.356 bits per heavy atom. The largest absolute Gasteiger partial charge is 0.455 e. The van der Waals surface area contributed by atoms with Crippen molar-refractivity contribution >= 4 is 110 Å². The highest BCUT2D eigenvalue weighted by Crippen LogP contribution is 2.48. The Morgan fingerprint density at radius 2 is 0.851 bits per heavy atom. The van der Waals surface area contributed by atoms with E-state index in [1.54, 1.807) is 0 Å². The minimum atomic E-state index is 0.665. The van der Waals surface area contributed by atoms with Gasteiger partial charge in [-0.1, -0.05) is 189 Å². The fourth-order valence-electron chi connectivity index (χ4n) is 13.5. The van der Waals surface area contributed by atoms with E-state index >= 15 is 0 Å². The standard InChI is InChI=1S/C81H50N4O2/c1-2-55-50(35-39-65-67-45-52(37-41-74(67)86-80(55)65)76-59-24-7-11-28-63(59)79(64-29-12-8-25-60(64)76)73-34-17-32-71(85-73)70-30-13-14-43-83-70)20-15-18-49-44-54(48-82-47-49)69-31-16-33-72(84-69)78-61-26-9-5-22-57(61)77(58-23-6-10-27-62(58)78)53-38-42-75-68(46-53)66-40-36-51-19-3-4-21-56(51)81(66)87-75/h2-17,19-48H,1,18H2/b20-15-. The molecule has 6 heterocycles. The maximum Gasteiger partial charge on any atom is 0.143 e. The van der Waals surface area contributed by atoms with Gasteiger partial charge in [-0.25, -0.2) is 9.97 Å². The van der Waals surface area contributed by atoms with E-state index in [-0.39, 0.29) is 0 Å². The van der Waals surface area contributed by atoms with Crippen LogP contribution in [-0.4, -0.2) is 19.9 Å². The van der Waals surface area contributed by atoms with Crippen LogP contribution in [0.15, 0.2) is 283 Å². The van der Waals surface area contributed by atoms with Gasteiger partial charge >= 0.3 is 0 Å². The summed E-state index contributed by atoms with van der Waals surface area (Å²) in [5.41, 5.74) is 18.6. The molecule has 0 saturated heterocycles. The number of fused-ring (bicyclic) bond motifs is 12. The first kappa shape index (κ1) is 50.0. The zero-order valence-electron chi connectivity index (χ0n) is 47.1. The lowest BCUT2D eigenvalue weighted by molar-refractivity contribution is 0.668. The number of hydrogen-bond acceptors (Lipinski definition) is 6. The maximum absolute atomic E-state index is 6.75. The van der Waals surface area contributed by atoms with Gasteiger partial charge in [-0.15, -0.1) is 0 Å². The van der Waals surface area contributed by atoms with Crippen molar-refractivity contribution in [2.24, 2.45) is 0 Å². The summed E-state index contributed by atoms with van der Waals surface area (Å²) in [6.45, 7) is 4.30. The van der Waals surface area contributed by atoms with Crippen LogP contribution in [0.1, 0.15) is 16.7 Å². The van der Waals surface area contributed by atoms with Gasteiger partial charge in [0, 0.05) is 67.8 Å². The van der Waals surface area contributed by atoms with Gasteiger partial charge < -0.3 is 8.83 Å². The van der Waals surface area contributed by atoms with Crippen molar-refractivity contribution in [3.63, 3.8) is 0 Å². The van der Waals surface area contributed by atoms with Crippen LogP contribution in [0.3, 0.4) is 0 Å². The second kappa shape index (κ2) is 20.3. The minimum absolute atomic E-state index is 0.665. The molecule has 0 aliphatic rings. The molecule has 0 aliphatic heterocycles. The number of allylic oxidation sites excluding steroid dienone is 1. The summed E-state index contributed by atoms with van der Waals surface area (Å²) in [5, 5.41) is 15.8. The van der Waals surface area contributed by atoms with Gasteiger partial charge in [0.1, 0.15) is 22.3 Å². The molecule has 0 saturated carbocycles. The Morgan fingerprint density at radius 3 is 1.44 bits per heavy atom. The van der Waals surface area contributed by atoms with Crippen molar-refractivity contribution in [2.75, 3.05) is 0 Å². The van der Waals surface area contributed by atoms with E-state index in [4.69, 9.17) is 23.8 Å². The van der Waals surface area contributed by atoms with E-state index < -0.39 is 0 Å². The van der Waals surface area contributed by atoms with E-state index in [2.05, 4.69) is 242 Å². The summed E-state index contributed by atoms with van der Waals surface area (Å²) >= 11 is 0. The number of hydrogen-bond donors (Lipinski definition) is 0. The highest BCUT2D eigenvalue weighted by Gasteiger charge is 2.22. The Labute approximate surface area is 500 Å². The second-order valence-electron chi connectivity index (χ2n) is 22.3. The van der Waals surface area contributed by atoms with E-state index in [1.165, 1.54) is 27.3 Å². The first-order valence-electron chi connectivity index (χ1n) is 29.4. The summed E-state index contributed by atoms with van der Waals surface area (Å²) in [4.78, 5) is 20.0.